The van der Waals surface area contributed by atoms with Gasteiger partial charge in [-0.15, -0.1) is 0 Å². The van der Waals surface area contributed by atoms with E-state index in [2.05, 4.69) is 16.6 Å². The zero-order valence-corrected chi connectivity index (χ0v) is 9.23. The molecular formula is C13H11N3O. The lowest BCUT2D eigenvalue weighted by Gasteiger charge is -2.28. The zero-order chi connectivity index (χ0) is 11.8. The molecule has 1 amide bonds. The SMILES string of the molecule is N#Cc1ccc2c(c1)CCC1CC(=O)NN=C21. The van der Waals surface area contributed by atoms with Gasteiger partial charge in [-0.3, -0.25) is 4.79 Å². The molecule has 1 atom stereocenters. The minimum absolute atomic E-state index is 0.00385. The second kappa shape index (κ2) is 3.70. The summed E-state index contributed by atoms with van der Waals surface area (Å²) in [4.78, 5) is 11.3. The van der Waals surface area contributed by atoms with E-state index in [0.717, 1.165) is 29.7 Å². The lowest BCUT2D eigenvalue weighted by molar-refractivity contribution is -0.122. The number of aryl methyl sites for hydroxylation is 1. The normalized spacial score (nSPS) is 21.7. The van der Waals surface area contributed by atoms with E-state index in [1.165, 1.54) is 0 Å². The minimum Gasteiger partial charge on any atom is -0.273 e. The van der Waals surface area contributed by atoms with Gasteiger partial charge in [0.25, 0.3) is 0 Å². The van der Waals surface area contributed by atoms with Gasteiger partial charge in [0.2, 0.25) is 5.91 Å². The molecule has 4 nitrogen and oxygen atoms in total. The van der Waals surface area contributed by atoms with Crippen LogP contribution in [0.4, 0.5) is 0 Å². The number of rotatable bonds is 0. The molecule has 0 bridgehead atoms. The molecule has 17 heavy (non-hydrogen) atoms. The van der Waals surface area contributed by atoms with E-state index in [-0.39, 0.29) is 11.8 Å². The monoisotopic (exact) mass is 225 g/mol. The summed E-state index contributed by atoms with van der Waals surface area (Å²) in [5.74, 6) is 0.236. The van der Waals surface area contributed by atoms with Gasteiger partial charge in [-0.25, -0.2) is 5.43 Å². The van der Waals surface area contributed by atoms with Gasteiger partial charge in [0.15, 0.2) is 0 Å². The Morgan fingerprint density at radius 1 is 1.47 bits per heavy atom. The van der Waals surface area contributed by atoms with Gasteiger partial charge in [-0.1, -0.05) is 6.07 Å². The first-order valence-electron chi connectivity index (χ1n) is 5.68. The van der Waals surface area contributed by atoms with Gasteiger partial charge >= 0.3 is 0 Å². The van der Waals surface area contributed by atoms with Gasteiger partial charge in [0, 0.05) is 17.9 Å². The van der Waals surface area contributed by atoms with E-state index >= 15 is 0 Å². The molecule has 1 N–H and O–H groups in total. The van der Waals surface area contributed by atoms with E-state index in [0.29, 0.717) is 12.0 Å². The van der Waals surface area contributed by atoms with E-state index in [4.69, 9.17) is 5.26 Å². The number of nitriles is 1. The smallest absolute Gasteiger partial charge is 0.240 e. The highest BCUT2D eigenvalue weighted by Crippen LogP contribution is 2.30. The number of benzene rings is 1. The van der Waals surface area contributed by atoms with E-state index < -0.39 is 0 Å². The maximum Gasteiger partial charge on any atom is 0.240 e. The predicted octanol–water partition coefficient (Wildman–Crippen LogP) is 1.34. The first kappa shape index (κ1) is 10.0. The number of hydrogen-bond donors (Lipinski definition) is 1. The van der Waals surface area contributed by atoms with Crippen molar-refractivity contribution in [1.82, 2.24) is 5.43 Å². The van der Waals surface area contributed by atoms with Crippen LogP contribution in [-0.2, 0) is 11.2 Å². The highest BCUT2D eigenvalue weighted by molar-refractivity contribution is 6.07. The summed E-state index contributed by atoms with van der Waals surface area (Å²) in [7, 11) is 0. The molecule has 0 spiro atoms. The molecule has 0 aromatic heterocycles. The molecular weight excluding hydrogens is 214 g/mol. The lowest BCUT2D eigenvalue weighted by Crippen LogP contribution is -2.36. The largest absolute Gasteiger partial charge is 0.273 e. The third kappa shape index (κ3) is 1.60. The average molecular weight is 225 g/mol. The van der Waals surface area contributed by atoms with Crippen LogP contribution in [0.3, 0.4) is 0 Å². The molecule has 2 aliphatic rings. The third-order valence-corrected chi connectivity index (χ3v) is 3.39. The second-order valence-corrected chi connectivity index (χ2v) is 4.46. The molecule has 1 aromatic carbocycles. The number of carbonyl (C=O) groups excluding carboxylic acids is 1. The van der Waals surface area contributed by atoms with Gasteiger partial charge in [0.1, 0.15) is 0 Å². The number of amides is 1. The Kier molecular flexibility index (Phi) is 2.19. The van der Waals surface area contributed by atoms with Crippen LogP contribution in [-0.4, -0.2) is 11.6 Å². The number of fused-ring (bicyclic) bond motifs is 3. The summed E-state index contributed by atoms with van der Waals surface area (Å²) >= 11 is 0. The van der Waals surface area contributed by atoms with Crippen LogP contribution in [0.2, 0.25) is 0 Å². The van der Waals surface area contributed by atoms with Crippen molar-refractivity contribution in [2.75, 3.05) is 0 Å². The summed E-state index contributed by atoms with van der Waals surface area (Å²) in [5.41, 5.74) is 6.43. The molecule has 3 rings (SSSR count). The molecule has 1 heterocycles. The quantitative estimate of drug-likeness (QED) is 0.724. The highest BCUT2D eigenvalue weighted by atomic mass is 16.2. The van der Waals surface area contributed by atoms with Crippen molar-refractivity contribution in [3.63, 3.8) is 0 Å². The Labute approximate surface area is 98.9 Å². The first-order valence-corrected chi connectivity index (χ1v) is 5.68. The molecule has 84 valence electrons. The molecule has 0 saturated carbocycles. The Morgan fingerprint density at radius 2 is 2.35 bits per heavy atom. The van der Waals surface area contributed by atoms with Crippen LogP contribution in [0.1, 0.15) is 29.5 Å². The Morgan fingerprint density at radius 3 is 3.18 bits per heavy atom. The van der Waals surface area contributed by atoms with Crippen LogP contribution in [0.15, 0.2) is 23.3 Å². The number of hydrogen-bond acceptors (Lipinski definition) is 3. The van der Waals surface area contributed by atoms with Crippen LogP contribution in [0, 0.1) is 17.2 Å². The number of hydrazone groups is 1. The summed E-state index contributed by atoms with van der Waals surface area (Å²) in [5, 5.41) is 13.0. The van der Waals surface area contributed by atoms with Crippen LogP contribution in [0.25, 0.3) is 0 Å². The van der Waals surface area contributed by atoms with Gasteiger partial charge in [-0.05, 0) is 30.5 Å². The molecule has 0 saturated heterocycles. The van der Waals surface area contributed by atoms with E-state index in [9.17, 15) is 4.79 Å². The standard InChI is InChI=1S/C13H11N3O/c14-7-8-1-4-11-9(5-8)2-3-10-6-12(17)15-16-13(10)11/h1,4-5,10H,2-3,6H2,(H,15,17). The lowest BCUT2D eigenvalue weighted by atomic mass is 9.79. The molecule has 1 unspecified atom stereocenters. The Bertz CT molecular complexity index is 569. The molecule has 4 heteroatoms. The Hall–Kier alpha value is -2.15. The van der Waals surface area contributed by atoms with Crippen molar-refractivity contribution >= 4 is 11.6 Å². The van der Waals surface area contributed by atoms with E-state index in [1.807, 2.05) is 12.1 Å². The van der Waals surface area contributed by atoms with Crippen molar-refractivity contribution in [3.05, 3.63) is 34.9 Å². The topological polar surface area (TPSA) is 65.2 Å². The van der Waals surface area contributed by atoms with Crippen molar-refractivity contribution < 1.29 is 4.79 Å². The van der Waals surface area contributed by atoms with Crippen molar-refractivity contribution in [2.45, 2.75) is 19.3 Å². The number of nitrogens with zero attached hydrogens (tertiary/aromatic N) is 2. The van der Waals surface area contributed by atoms with Crippen LogP contribution >= 0.6 is 0 Å². The molecule has 0 fully saturated rings. The minimum atomic E-state index is -0.00385. The van der Waals surface area contributed by atoms with Crippen LogP contribution < -0.4 is 5.43 Å². The molecule has 0 radical (unpaired) electrons. The third-order valence-electron chi connectivity index (χ3n) is 3.39. The van der Waals surface area contributed by atoms with Crippen molar-refractivity contribution in [3.8, 4) is 6.07 Å². The predicted molar refractivity (Wildman–Crippen MR) is 62.3 cm³/mol. The fraction of sp³-hybridized carbons (Fsp3) is 0.308. The van der Waals surface area contributed by atoms with Crippen molar-refractivity contribution in [2.24, 2.45) is 11.0 Å². The summed E-state index contributed by atoms with van der Waals surface area (Å²) in [6.45, 7) is 0. The zero-order valence-electron chi connectivity index (χ0n) is 9.23. The maximum atomic E-state index is 11.3. The fourth-order valence-corrected chi connectivity index (χ4v) is 2.55. The van der Waals surface area contributed by atoms with Gasteiger partial charge in [-0.2, -0.15) is 10.4 Å². The maximum absolute atomic E-state index is 11.3. The average Bonchev–Trinajstić information content (AvgIpc) is 2.37. The first-order chi connectivity index (χ1) is 8.28. The van der Waals surface area contributed by atoms with E-state index in [1.54, 1.807) is 6.07 Å². The summed E-state index contributed by atoms with van der Waals surface area (Å²) < 4.78 is 0. The molecule has 1 aromatic rings. The fourth-order valence-electron chi connectivity index (χ4n) is 2.55. The van der Waals surface area contributed by atoms with Gasteiger partial charge in [0.05, 0.1) is 17.3 Å². The number of nitrogens with one attached hydrogen (secondary N) is 1. The highest BCUT2D eigenvalue weighted by Gasteiger charge is 2.30. The van der Waals surface area contributed by atoms with Gasteiger partial charge < -0.3 is 0 Å². The Balaban J connectivity index is 2.08. The molecule has 1 aliphatic carbocycles. The molecule has 1 aliphatic heterocycles. The second-order valence-electron chi connectivity index (χ2n) is 4.46. The summed E-state index contributed by atoms with van der Waals surface area (Å²) in [6.07, 6.45) is 2.38. The van der Waals surface area contributed by atoms with Crippen LogP contribution in [0.5, 0.6) is 0 Å². The number of carbonyl (C=O) groups is 1. The summed E-state index contributed by atoms with van der Waals surface area (Å²) in [6, 6.07) is 7.81. The van der Waals surface area contributed by atoms with Crippen molar-refractivity contribution in [1.29, 1.82) is 5.26 Å².